The maximum absolute atomic E-state index is 5.06. The molecule has 164 valence electrons. The van der Waals surface area contributed by atoms with Crippen LogP contribution in [0.4, 0.5) is 0 Å². The number of para-hydroxylation sites is 1. The second kappa shape index (κ2) is 8.47. The summed E-state index contributed by atoms with van der Waals surface area (Å²) in [6.07, 6.45) is 0. The third-order valence-corrected chi connectivity index (χ3v) is 9.72. The first-order chi connectivity index (χ1) is 17.3. The summed E-state index contributed by atoms with van der Waals surface area (Å²) >= 11 is -0.339. The fourth-order valence-electron chi connectivity index (χ4n) is 4.77. The number of hydrogen-bond acceptors (Lipinski definition) is 2. The first-order valence-electron chi connectivity index (χ1n) is 11.7. The van der Waals surface area contributed by atoms with Crippen LogP contribution in [0.2, 0.25) is 0 Å². The van der Waals surface area contributed by atoms with E-state index in [0.29, 0.717) is 0 Å². The van der Waals surface area contributed by atoms with Crippen molar-refractivity contribution in [2.45, 2.75) is 0 Å². The Labute approximate surface area is 213 Å². The molecule has 0 atom stereocenters. The van der Waals surface area contributed by atoms with Crippen LogP contribution in [-0.2, 0) is 0 Å². The van der Waals surface area contributed by atoms with E-state index in [1.807, 2.05) is 18.2 Å². The molecule has 0 saturated heterocycles. The SMILES string of the molecule is c1ccc(-c2nc(-c3cccc(-c4ccc5c(c4)[te]c4ccccc45)c3)nc3ccccc23)cc1. The summed E-state index contributed by atoms with van der Waals surface area (Å²) in [6, 6.07) is 43.1. The van der Waals surface area contributed by atoms with E-state index in [9.17, 15) is 0 Å². The molecule has 0 unspecified atom stereocenters. The maximum atomic E-state index is 5.06. The van der Waals surface area contributed by atoms with Gasteiger partial charge in [-0.3, -0.25) is 0 Å². The summed E-state index contributed by atoms with van der Waals surface area (Å²) in [5, 5.41) is 3.90. The summed E-state index contributed by atoms with van der Waals surface area (Å²) in [5.74, 6) is 0.756. The van der Waals surface area contributed by atoms with Gasteiger partial charge in [-0.05, 0) is 0 Å². The molecule has 35 heavy (non-hydrogen) atoms. The molecule has 0 amide bonds. The summed E-state index contributed by atoms with van der Waals surface area (Å²) in [4.78, 5) is 10.0. The Balaban J connectivity index is 1.37. The van der Waals surface area contributed by atoms with Crippen molar-refractivity contribution < 1.29 is 0 Å². The predicted molar refractivity (Wildman–Crippen MR) is 148 cm³/mol. The van der Waals surface area contributed by atoms with Gasteiger partial charge in [0.15, 0.2) is 0 Å². The van der Waals surface area contributed by atoms with E-state index < -0.39 is 0 Å². The van der Waals surface area contributed by atoms with Gasteiger partial charge >= 0.3 is 208 Å². The van der Waals surface area contributed by atoms with Crippen LogP contribution in [-0.4, -0.2) is 30.4 Å². The van der Waals surface area contributed by atoms with E-state index in [1.165, 1.54) is 28.7 Å². The van der Waals surface area contributed by atoms with Crippen LogP contribution >= 0.6 is 0 Å². The van der Waals surface area contributed by atoms with Crippen molar-refractivity contribution in [2.75, 3.05) is 0 Å². The van der Waals surface area contributed by atoms with Crippen LogP contribution in [0.5, 0.6) is 0 Å². The van der Waals surface area contributed by atoms with Crippen molar-refractivity contribution in [3.8, 4) is 33.8 Å². The van der Waals surface area contributed by atoms with Crippen LogP contribution in [0.3, 0.4) is 0 Å². The quantitative estimate of drug-likeness (QED) is 0.205. The van der Waals surface area contributed by atoms with Crippen molar-refractivity contribution in [3.63, 3.8) is 0 Å². The number of nitrogens with zero attached hydrogens (tertiary/aromatic N) is 2. The van der Waals surface area contributed by atoms with Gasteiger partial charge in [0.2, 0.25) is 0 Å². The molecule has 3 heteroatoms. The molecule has 0 fully saturated rings. The number of hydrogen-bond donors (Lipinski definition) is 0. The van der Waals surface area contributed by atoms with Gasteiger partial charge in [0.05, 0.1) is 0 Å². The topological polar surface area (TPSA) is 25.8 Å². The van der Waals surface area contributed by atoms with Crippen molar-refractivity contribution in [2.24, 2.45) is 0 Å². The molecule has 0 aliphatic carbocycles. The standard InChI is InChI=1S/C32H20N2Te/c1-2-9-21(10-3-1)31-27-14-4-6-15-28(27)33-32(34-31)24-12-8-11-22(19-24)23-17-18-26-25-13-5-7-16-29(25)35-30(26)20-23/h1-20H. The molecule has 0 bridgehead atoms. The third-order valence-electron chi connectivity index (χ3n) is 6.48. The van der Waals surface area contributed by atoms with Gasteiger partial charge in [-0.2, -0.15) is 0 Å². The van der Waals surface area contributed by atoms with Crippen molar-refractivity contribution in [3.05, 3.63) is 121 Å². The van der Waals surface area contributed by atoms with E-state index in [4.69, 9.17) is 9.97 Å². The molecule has 7 rings (SSSR count). The first-order valence-corrected chi connectivity index (χ1v) is 14.0. The van der Waals surface area contributed by atoms with E-state index >= 15 is 0 Å². The molecule has 0 aliphatic rings. The molecule has 0 N–H and O–H groups in total. The summed E-state index contributed by atoms with van der Waals surface area (Å²) in [5.41, 5.74) is 6.52. The zero-order chi connectivity index (χ0) is 23.2. The molecule has 7 aromatic rings. The molecule has 0 saturated carbocycles. The zero-order valence-electron chi connectivity index (χ0n) is 18.8. The molecular formula is C32H20N2Te. The summed E-state index contributed by atoms with van der Waals surface area (Å²) in [6.45, 7) is 0. The van der Waals surface area contributed by atoms with E-state index in [1.54, 1.807) is 0 Å². The Bertz CT molecular complexity index is 1850. The van der Waals surface area contributed by atoms with Gasteiger partial charge in [-0.1, -0.05) is 6.07 Å². The van der Waals surface area contributed by atoms with Gasteiger partial charge in [0, 0.05) is 0 Å². The second-order valence-corrected chi connectivity index (χ2v) is 11.8. The first kappa shape index (κ1) is 20.6. The minimum atomic E-state index is -0.339. The third kappa shape index (κ3) is 3.65. The Morgan fingerprint density at radius 1 is 0.429 bits per heavy atom. The molecule has 0 aliphatic heterocycles. The predicted octanol–water partition coefficient (Wildman–Crippen LogP) is 7.99. The Hall–Kier alpha value is -3.77. The average molecular weight is 560 g/mol. The van der Waals surface area contributed by atoms with Crippen LogP contribution in [0.1, 0.15) is 0 Å². The van der Waals surface area contributed by atoms with Crippen LogP contribution in [0.15, 0.2) is 121 Å². The van der Waals surface area contributed by atoms with Gasteiger partial charge in [-0.25, -0.2) is 0 Å². The Morgan fingerprint density at radius 2 is 1.11 bits per heavy atom. The van der Waals surface area contributed by atoms with Gasteiger partial charge in [-0.15, -0.1) is 0 Å². The molecule has 5 aromatic carbocycles. The van der Waals surface area contributed by atoms with E-state index in [-0.39, 0.29) is 20.4 Å². The number of benzene rings is 5. The Kier molecular flexibility index (Phi) is 4.98. The summed E-state index contributed by atoms with van der Waals surface area (Å²) in [7, 11) is 0. The van der Waals surface area contributed by atoms with E-state index in [0.717, 1.165) is 33.5 Å². The fraction of sp³-hybridized carbons (Fsp3) is 0. The minimum absolute atomic E-state index is 0.339. The van der Waals surface area contributed by atoms with Crippen LogP contribution in [0, 0.1) is 0 Å². The molecular weight excluding hydrogens is 540 g/mol. The monoisotopic (exact) mass is 562 g/mol. The Morgan fingerprint density at radius 3 is 2.03 bits per heavy atom. The normalized spacial score (nSPS) is 11.4. The molecule has 0 radical (unpaired) electrons. The van der Waals surface area contributed by atoms with E-state index in [2.05, 4.69) is 103 Å². The van der Waals surface area contributed by atoms with Crippen molar-refractivity contribution >= 4 is 48.9 Å². The average Bonchev–Trinajstić information content (AvgIpc) is 3.31. The van der Waals surface area contributed by atoms with Crippen molar-refractivity contribution in [1.82, 2.24) is 9.97 Å². The van der Waals surface area contributed by atoms with Crippen molar-refractivity contribution in [1.29, 1.82) is 0 Å². The second-order valence-electron chi connectivity index (χ2n) is 8.67. The van der Waals surface area contributed by atoms with Gasteiger partial charge in [0.25, 0.3) is 0 Å². The zero-order valence-corrected chi connectivity index (χ0v) is 21.2. The molecule has 0 spiro atoms. The fourth-order valence-corrected chi connectivity index (χ4v) is 8.03. The molecule has 2 heterocycles. The van der Waals surface area contributed by atoms with Crippen LogP contribution in [0.25, 0.3) is 62.3 Å². The van der Waals surface area contributed by atoms with Gasteiger partial charge < -0.3 is 0 Å². The molecule has 2 nitrogen and oxygen atoms in total. The summed E-state index contributed by atoms with van der Waals surface area (Å²) < 4.78 is 3.06. The van der Waals surface area contributed by atoms with Gasteiger partial charge in [0.1, 0.15) is 0 Å². The number of aromatic nitrogens is 2. The molecule has 2 aromatic heterocycles. The van der Waals surface area contributed by atoms with Crippen LogP contribution < -0.4 is 0 Å². The number of rotatable bonds is 3. The number of fused-ring (bicyclic) bond motifs is 4.